The highest BCUT2D eigenvalue weighted by molar-refractivity contribution is 7.22. The Hall–Kier alpha value is -3.12. The summed E-state index contributed by atoms with van der Waals surface area (Å²) in [7, 11) is 0. The molecule has 0 spiro atoms. The maximum Gasteiger partial charge on any atom is 0.229 e. The van der Waals surface area contributed by atoms with E-state index in [1.54, 1.807) is 4.90 Å². The van der Waals surface area contributed by atoms with Gasteiger partial charge in [-0.25, -0.2) is 13.8 Å². The van der Waals surface area contributed by atoms with Crippen molar-refractivity contribution in [2.24, 2.45) is 0 Å². The summed E-state index contributed by atoms with van der Waals surface area (Å²) in [5.41, 5.74) is 2.09. The third kappa shape index (κ3) is 4.49. The molecule has 6 heteroatoms. The van der Waals surface area contributed by atoms with E-state index in [9.17, 15) is 13.6 Å². The molecule has 0 saturated heterocycles. The van der Waals surface area contributed by atoms with E-state index in [4.69, 9.17) is 0 Å². The minimum absolute atomic E-state index is 0.0836. The number of amides is 1. The predicted octanol–water partition coefficient (Wildman–Crippen LogP) is 5.74. The minimum Gasteiger partial charge on any atom is -0.284 e. The number of carbonyl (C=O) groups is 1. The first-order chi connectivity index (χ1) is 14.1. The molecule has 3 nitrogen and oxygen atoms in total. The van der Waals surface area contributed by atoms with E-state index >= 15 is 0 Å². The molecule has 0 aliphatic heterocycles. The number of thiazole rings is 1. The molecule has 4 aromatic rings. The molecule has 1 amide bonds. The van der Waals surface area contributed by atoms with Gasteiger partial charge in [0.1, 0.15) is 11.3 Å². The Bertz CT molecular complexity index is 1130. The maximum atomic E-state index is 14.1. The molecular weight excluding hydrogens is 390 g/mol. The normalized spacial score (nSPS) is 11.0. The van der Waals surface area contributed by atoms with Crippen molar-refractivity contribution in [3.05, 3.63) is 95.6 Å². The van der Waals surface area contributed by atoms with Crippen LogP contribution >= 0.6 is 11.3 Å². The molecule has 0 radical (unpaired) electrons. The van der Waals surface area contributed by atoms with Crippen LogP contribution in [-0.2, 0) is 17.8 Å². The fourth-order valence-electron chi connectivity index (χ4n) is 3.12. The molecule has 0 bridgehead atoms. The number of hydrogen-bond acceptors (Lipinski definition) is 3. The lowest BCUT2D eigenvalue weighted by molar-refractivity contribution is -0.118. The molecule has 0 saturated carbocycles. The van der Waals surface area contributed by atoms with Crippen molar-refractivity contribution >= 4 is 32.6 Å². The Labute approximate surface area is 171 Å². The van der Waals surface area contributed by atoms with Crippen LogP contribution in [0.1, 0.15) is 17.5 Å². The fourth-order valence-corrected chi connectivity index (χ4v) is 4.14. The van der Waals surface area contributed by atoms with Gasteiger partial charge < -0.3 is 0 Å². The topological polar surface area (TPSA) is 33.2 Å². The van der Waals surface area contributed by atoms with Gasteiger partial charge in [0.15, 0.2) is 10.9 Å². The average Bonchev–Trinajstić information content (AvgIpc) is 3.16. The van der Waals surface area contributed by atoms with Crippen molar-refractivity contribution < 1.29 is 13.6 Å². The number of hydrogen-bond donors (Lipinski definition) is 0. The van der Waals surface area contributed by atoms with Crippen LogP contribution in [0.2, 0.25) is 0 Å². The molecule has 1 aromatic heterocycles. The Morgan fingerprint density at radius 2 is 1.59 bits per heavy atom. The van der Waals surface area contributed by atoms with Gasteiger partial charge in [-0.3, -0.25) is 9.69 Å². The van der Waals surface area contributed by atoms with Crippen LogP contribution in [0, 0.1) is 11.6 Å². The van der Waals surface area contributed by atoms with Crippen LogP contribution in [-0.4, -0.2) is 10.9 Å². The fraction of sp³-hybridized carbons (Fsp3) is 0.130. The van der Waals surface area contributed by atoms with Crippen molar-refractivity contribution in [1.29, 1.82) is 0 Å². The number of aromatic nitrogens is 1. The molecule has 29 heavy (non-hydrogen) atoms. The lowest BCUT2D eigenvalue weighted by atomic mass is 10.1. The smallest absolute Gasteiger partial charge is 0.229 e. The number of rotatable bonds is 6. The van der Waals surface area contributed by atoms with Crippen LogP contribution in [0.4, 0.5) is 13.9 Å². The van der Waals surface area contributed by atoms with E-state index in [0.29, 0.717) is 29.2 Å². The first kappa shape index (κ1) is 19.2. The molecule has 0 N–H and O–H groups in total. The van der Waals surface area contributed by atoms with Gasteiger partial charge >= 0.3 is 0 Å². The van der Waals surface area contributed by atoms with Gasteiger partial charge in [-0.2, -0.15) is 0 Å². The quantitative estimate of drug-likeness (QED) is 0.408. The number of nitrogens with zero attached hydrogens (tertiary/aromatic N) is 2. The average molecular weight is 408 g/mol. The van der Waals surface area contributed by atoms with E-state index in [1.807, 2.05) is 60.7 Å². The van der Waals surface area contributed by atoms with Gasteiger partial charge in [0.2, 0.25) is 5.91 Å². The lowest BCUT2D eigenvalue weighted by Crippen LogP contribution is -2.30. The molecule has 0 unspecified atom stereocenters. The maximum absolute atomic E-state index is 14.1. The van der Waals surface area contributed by atoms with Crippen molar-refractivity contribution in [3.63, 3.8) is 0 Å². The van der Waals surface area contributed by atoms with Gasteiger partial charge in [0.25, 0.3) is 0 Å². The Morgan fingerprint density at radius 3 is 2.28 bits per heavy atom. The third-order valence-corrected chi connectivity index (χ3v) is 5.61. The second kappa shape index (κ2) is 8.49. The molecule has 4 rings (SSSR count). The van der Waals surface area contributed by atoms with Crippen molar-refractivity contribution in [2.45, 2.75) is 19.4 Å². The number of anilines is 1. The van der Waals surface area contributed by atoms with Crippen LogP contribution in [0.5, 0.6) is 0 Å². The van der Waals surface area contributed by atoms with Gasteiger partial charge in [0, 0.05) is 12.5 Å². The van der Waals surface area contributed by atoms with Gasteiger partial charge in [-0.15, -0.1) is 0 Å². The Balaban J connectivity index is 1.64. The second-order valence-corrected chi connectivity index (χ2v) is 7.69. The second-order valence-electron chi connectivity index (χ2n) is 6.68. The molecule has 1 heterocycles. The van der Waals surface area contributed by atoms with Crippen molar-refractivity contribution in [2.75, 3.05) is 4.90 Å². The number of halogens is 2. The number of aryl methyl sites for hydroxylation is 1. The minimum atomic E-state index is -0.723. The molecule has 0 aliphatic carbocycles. The monoisotopic (exact) mass is 408 g/mol. The molecule has 3 aromatic carbocycles. The standard InChI is InChI=1S/C23H18F2N2OS/c24-18-13-19(25)22-20(14-18)29-23(26-22)27(15-17-9-5-2-6-10-17)21(28)12-11-16-7-3-1-4-8-16/h1-10,13-14H,11-12,15H2. The van der Waals surface area contributed by atoms with Crippen LogP contribution < -0.4 is 4.90 Å². The summed E-state index contributed by atoms with van der Waals surface area (Å²) in [4.78, 5) is 18.9. The first-order valence-corrected chi connectivity index (χ1v) is 10.1. The highest BCUT2D eigenvalue weighted by Gasteiger charge is 2.21. The van der Waals surface area contributed by atoms with E-state index in [-0.39, 0.29) is 11.4 Å². The zero-order chi connectivity index (χ0) is 20.2. The van der Waals surface area contributed by atoms with Crippen molar-refractivity contribution in [1.82, 2.24) is 4.98 Å². The molecule has 146 valence electrons. The summed E-state index contributed by atoms with van der Waals surface area (Å²) in [6.45, 7) is 0.318. The summed E-state index contributed by atoms with van der Waals surface area (Å²) in [5, 5.41) is 0.367. The van der Waals surface area contributed by atoms with E-state index < -0.39 is 11.6 Å². The van der Waals surface area contributed by atoms with Crippen LogP contribution in [0.25, 0.3) is 10.2 Å². The summed E-state index contributed by atoms with van der Waals surface area (Å²) in [5.74, 6) is -1.49. The Kier molecular flexibility index (Phi) is 5.62. The van der Waals surface area contributed by atoms with Gasteiger partial charge in [0.05, 0.1) is 11.2 Å². The summed E-state index contributed by atoms with van der Waals surface area (Å²) in [6.07, 6.45) is 0.891. The zero-order valence-electron chi connectivity index (χ0n) is 15.5. The lowest BCUT2D eigenvalue weighted by Gasteiger charge is -2.20. The molecule has 0 aliphatic rings. The van der Waals surface area contributed by atoms with Gasteiger partial charge in [-0.1, -0.05) is 72.0 Å². The van der Waals surface area contributed by atoms with E-state index in [0.717, 1.165) is 28.5 Å². The largest absolute Gasteiger partial charge is 0.284 e. The SMILES string of the molecule is O=C(CCc1ccccc1)N(Cc1ccccc1)c1nc2c(F)cc(F)cc2s1. The number of benzene rings is 3. The summed E-state index contributed by atoms with van der Waals surface area (Å²) < 4.78 is 28.1. The summed E-state index contributed by atoms with van der Waals surface area (Å²) in [6, 6.07) is 21.4. The zero-order valence-corrected chi connectivity index (χ0v) is 16.3. The van der Waals surface area contributed by atoms with E-state index in [2.05, 4.69) is 4.98 Å². The van der Waals surface area contributed by atoms with Crippen LogP contribution in [0.3, 0.4) is 0 Å². The van der Waals surface area contributed by atoms with E-state index in [1.165, 1.54) is 6.07 Å². The van der Waals surface area contributed by atoms with Crippen LogP contribution in [0.15, 0.2) is 72.8 Å². The Morgan fingerprint density at radius 1 is 0.931 bits per heavy atom. The molecule has 0 fully saturated rings. The number of fused-ring (bicyclic) bond motifs is 1. The predicted molar refractivity (Wildman–Crippen MR) is 112 cm³/mol. The highest BCUT2D eigenvalue weighted by atomic mass is 32.1. The summed E-state index contributed by atoms with van der Waals surface area (Å²) >= 11 is 1.12. The highest BCUT2D eigenvalue weighted by Crippen LogP contribution is 2.32. The van der Waals surface area contributed by atoms with Crippen molar-refractivity contribution in [3.8, 4) is 0 Å². The molecule has 0 atom stereocenters. The first-order valence-electron chi connectivity index (χ1n) is 9.24. The number of carbonyl (C=O) groups excluding carboxylic acids is 1. The third-order valence-electron chi connectivity index (χ3n) is 4.59. The van der Waals surface area contributed by atoms with Gasteiger partial charge in [-0.05, 0) is 23.6 Å². The molecular formula is C23H18F2N2OS.